The van der Waals surface area contributed by atoms with Crippen LogP contribution in [0.5, 0.6) is 0 Å². The Kier molecular flexibility index (Phi) is 6.10. The van der Waals surface area contributed by atoms with Crippen LogP contribution in [0.1, 0.15) is 39.2 Å². The quantitative estimate of drug-likeness (QED) is 0.812. The van der Waals surface area contributed by atoms with Crippen LogP contribution in [0.15, 0.2) is 23.1 Å². The maximum atomic E-state index is 13.3. The van der Waals surface area contributed by atoms with Crippen LogP contribution in [-0.2, 0) is 16.6 Å². The van der Waals surface area contributed by atoms with Gasteiger partial charge in [-0.25, -0.2) is 17.5 Å². The lowest BCUT2D eigenvalue weighted by molar-refractivity contribution is 0.445. The molecule has 0 aliphatic heterocycles. The van der Waals surface area contributed by atoms with Crippen LogP contribution in [0.3, 0.4) is 0 Å². The molecule has 4 nitrogen and oxygen atoms in total. The Morgan fingerprint density at radius 3 is 2.55 bits per heavy atom. The van der Waals surface area contributed by atoms with Crippen LogP contribution >= 0.6 is 0 Å². The molecule has 0 bridgehead atoms. The number of hydrogen-bond donors (Lipinski definition) is 2. The molecule has 0 aliphatic rings. The fraction of sp³-hybridized carbons (Fsp3) is 0.571. The standard InChI is InChI=1S/C14H23FN2O2S/c1-4-10(2)7-11(3)17-20(18,19)14-8-13(15)6-5-12(14)9-16/h5-6,8,10-11,17H,4,7,9,16H2,1-3H3. The Morgan fingerprint density at radius 1 is 1.35 bits per heavy atom. The third kappa shape index (κ3) is 4.54. The molecule has 0 fully saturated rings. The Bertz CT molecular complexity index is 546. The van der Waals surface area contributed by atoms with Gasteiger partial charge in [-0.2, -0.15) is 0 Å². The summed E-state index contributed by atoms with van der Waals surface area (Å²) >= 11 is 0. The Morgan fingerprint density at radius 2 is 2.00 bits per heavy atom. The van der Waals surface area contributed by atoms with Crippen molar-refractivity contribution in [2.75, 3.05) is 0 Å². The van der Waals surface area contributed by atoms with Crippen molar-refractivity contribution in [1.82, 2.24) is 4.72 Å². The summed E-state index contributed by atoms with van der Waals surface area (Å²) in [5.74, 6) is -0.161. The Balaban J connectivity index is 2.96. The monoisotopic (exact) mass is 302 g/mol. The van der Waals surface area contributed by atoms with Crippen LogP contribution in [0.4, 0.5) is 4.39 Å². The maximum absolute atomic E-state index is 13.3. The minimum atomic E-state index is -3.75. The predicted molar refractivity (Wildman–Crippen MR) is 78.1 cm³/mol. The molecule has 0 saturated carbocycles. The van der Waals surface area contributed by atoms with E-state index in [1.165, 1.54) is 12.1 Å². The van der Waals surface area contributed by atoms with E-state index >= 15 is 0 Å². The lowest BCUT2D eigenvalue weighted by Crippen LogP contribution is -2.34. The van der Waals surface area contributed by atoms with Crippen molar-refractivity contribution in [3.8, 4) is 0 Å². The molecule has 0 heterocycles. The fourth-order valence-corrected chi connectivity index (χ4v) is 3.61. The molecule has 2 unspecified atom stereocenters. The first kappa shape index (κ1) is 17.1. The Hall–Kier alpha value is -0.980. The number of nitrogens with one attached hydrogen (secondary N) is 1. The van der Waals surface area contributed by atoms with E-state index in [2.05, 4.69) is 18.6 Å². The molecule has 0 radical (unpaired) electrons. The average Bonchev–Trinajstić information content (AvgIpc) is 2.37. The van der Waals surface area contributed by atoms with Gasteiger partial charge in [0.2, 0.25) is 10.0 Å². The molecule has 2 atom stereocenters. The van der Waals surface area contributed by atoms with Crippen LogP contribution in [0.2, 0.25) is 0 Å². The highest BCUT2D eigenvalue weighted by molar-refractivity contribution is 7.89. The van der Waals surface area contributed by atoms with E-state index < -0.39 is 15.8 Å². The molecule has 0 saturated heterocycles. The summed E-state index contributed by atoms with van der Waals surface area (Å²) in [6, 6.07) is 3.43. The molecule has 0 aromatic heterocycles. The molecule has 6 heteroatoms. The molecular formula is C14H23FN2O2S. The summed E-state index contributed by atoms with van der Waals surface area (Å²) in [7, 11) is -3.75. The van der Waals surface area contributed by atoms with Crippen molar-refractivity contribution < 1.29 is 12.8 Å². The molecule has 3 N–H and O–H groups in total. The Labute approximate surface area is 120 Å². The smallest absolute Gasteiger partial charge is 0.241 e. The molecule has 0 spiro atoms. The van der Waals surface area contributed by atoms with E-state index in [9.17, 15) is 12.8 Å². The number of rotatable bonds is 7. The third-order valence-electron chi connectivity index (χ3n) is 3.35. The van der Waals surface area contributed by atoms with Gasteiger partial charge in [-0.1, -0.05) is 26.3 Å². The van der Waals surface area contributed by atoms with Gasteiger partial charge >= 0.3 is 0 Å². The van der Waals surface area contributed by atoms with Gasteiger partial charge in [0.1, 0.15) is 5.82 Å². The topological polar surface area (TPSA) is 72.2 Å². The summed E-state index contributed by atoms with van der Waals surface area (Å²) in [6.07, 6.45) is 1.73. The number of hydrogen-bond acceptors (Lipinski definition) is 3. The van der Waals surface area contributed by atoms with Crippen molar-refractivity contribution in [2.45, 2.75) is 51.1 Å². The van der Waals surface area contributed by atoms with Gasteiger partial charge in [0.15, 0.2) is 0 Å². The van der Waals surface area contributed by atoms with Gasteiger partial charge in [-0.05, 0) is 37.0 Å². The first-order chi connectivity index (χ1) is 9.30. The van der Waals surface area contributed by atoms with E-state index in [1.807, 2.05) is 6.92 Å². The van der Waals surface area contributed by atoms with E-state index in [4.69, 9.17) is 5.73 Å². The highest BCUT2D eigenvalue weighted by Crippen LogP contribution is 2.18. The van der Waals surface area contributed by atoms with E-state index in [0.29, 0.717) is 11.5 Å². The first-order valence-electron chi connectivity index (χ1n) is 6.81. The largest absolute Gasteiger partial charge is 0.326 e. The van der Waals surface area contributed by atoms with E-state index in [-0.39, 0.29) is 17.5 Å². The van der Waals surface area contributed by atoms with Crippen LogP contribution < -0.4 is 10.5 Å². The lowest BCUT2D eigenvalue weighted by atomic mass is 10.0. The zero-order chi connectivity index (χ0) is 15.3. The summed E-state index contributed by atoms with van der Waals surface area (Å²) < 4.78 is 40.5. The molecule has 0 amide bonds. The van der Waals surface area contributed by atoms with E-state index in [0.717, 1.165) is 18.9 Å². The second-order valence-electron chi connectivity index (χ2n) is 5.23. The zero-order valence-corrected chi connectivity index (χ0v) is 13.0. The third-order valence-corrected chi connectivity index (χ3v) is 5.02. The van der Waals surface area contributed by atoms with Crippen molar-refractivity contribution in [3.05, 3.63) is 29.6 Å². The molecule has 1 aromatic rings. The minimum Gasteiger partial charge on any atom is -0.326 e. The number of nitrogens with two attached hydrogens (primary N) is 1. The number of benzene rings is 1. The van der Waals surface area contributed by atoms with Crippen molar-refractivity contribution >= 4 is 10.0 Å². The summed E-state index contributed by atoms with van der Waals surface area (Å²) in [5.41, 5.74) is 5.93. The lowest BCUT2D eigenvalue weighted by Gasteiger charge is -2.18. The van der Waals surface area contributed by atoms with Crippen LogP contribution in [-0.4, -0.2) is 14.5 Å². The molecule has 1 rings (SSSR count). The van der Waals surface area contributed by atoms with Crippen LogP contribution in [0.25, 0.3) is 0 Å². The molecule has 20 heavy (non-hydrogen) atoms. The zero-order valence-electron chi connectivity index (χ0n) is 12.2. The summed E-state index contributed by atoms with van der Waals surface area (Å²) in [5, 5.41) is 0. The fourth-order valence-electron chi connectivity index (χ4n) is 2.09. The maximum Gasteiger partial charge on any atom is 0.241 e. The van der Waals surface area contributed by atoms with Gasteiger partial charge < -0.3 is 5.73 Å². The number of halogens is 1. The minimum absolute atomic E-state index is 0.0519. The van der Waals surface area contributed by atoms with Crippen LogP contribution in [0, 0.1) is 11.7 Å². The van der Waals surface area contributed by atoms with Crippen molar-refractivity contribution in [1.29, 1.82) is 0 Å². The molecule has 1 aromatic carbocycles. The molecular weight excluding hydrogens is 279 g/mol. The van der Waals surface area contributed by atoms with E-state index in [1.54, 1.807) is 0 Å². The number of sulfonamides is 1. The highest BCUT2D eigenvalue weighted by Gasteiger charge is 2.21. The summed E-state index contributed by atoms with van der Waals surface area (Å²) in [4.78, 5) is -0.0731. The van der Waals surface area contributed by atoms with Crippen molar-refractivity contribution in [3.63, 3.8) is 0 Å². The first-order valence-corrected chi connectivity index (χ1v) is 8.29. The second-order valence-corrected chi connectivity index (χ2v) is 6.91. The second kappa shape index (κ2) is 7.15. The van der Waals surface area contributed by atoms with Gasteiger partial charge in [-0.15, -0.1) is 0 Å². The molecule has 114 valence electrons. The predicted octanol–water partition coefficient (Wildman–Crippen LogP) is 2.39. The van der Waals surface area contributed by atoms with Gasteiger partial charge in [0.05, 0.1) is 4.90 Å². The highest BCUT2D eigenvalue weighted by atomic mass is 32.2. The van der Waals surface area contributed by atoms with Gasteiger partial charge in [-0.3, -0.25) is 0 Å². The van der Waals surface area contributed by atoms with Gasteiger partial charge in [0.25, 0.3) is 0 Å². The van der Waals surface area contributed by atoms with Gasteiger partial charge in [0, 0.05) is 12.6 Å². The van der Waals surface area contributed by atoms with Crippen molar-refractivity contribution in [2.24, 2.45) is 11.7 Å². The normalized spacial score (nSPS) is 15.1. The summed E-state index contributed by atoms with van der Waals surface area (Å²) in [6.45, 7) is 5.99. The average molecular weight is 302 g/mol. The SMILES string of the molecule is CCC(C)CC(C)NS(=O)(=O)c1cc(F)ccc1CN. The molecule has 0 aliphatic carbocycles.